The number of nitrogens with zero attached hydrogens (tertiary/aromatic N) is 2. The summed E-state index contributed by atoms with van der Waals surface area (Å²) in [6.07, 6.45) is 0.929. The number of carbonyl (C=O) groups excluding carboxylic acids is 2. The number of aromatic nitrogens is 2. The van der Waals surface area contributed by atoms with E-state index in [2.05, 4.69) is 15.6 Å². The molecule has 0 spiro atoms. The van der Waals surface area contributed by atoms with Crippen molar-refractivity contribution in [1.82, 2.24) is 14.9 Å². The van der Waals surface area contributed by atoms with Crippen LogP contribution in [-0.2, 0) is 11.8 Å². The highest BCUT2D eigenvalue weighted by molar-refractivity contribution is 5.92. The van der Waals surface area contributed by atoms with Crippen LogP contribution in [0.1, 0.15) is 31.4 Å². The second-order valence-electron chi connectivity index (χ2n) is 4.77. The summed E-state index contributed by atoms with van der Waals surface area (Å²) in [6.45, 7) is 5.29. The van der Waals surface area contributed by atoms with Crippen LogP contribution in [-0.4, -0.2) is 34.2 Å². The molecule has 0 aliphatic heterocycles. The highest BCUT2D eigenvalue weighted by Crippen LogP contribution is 2.11. The molecule has 7 heteroatoms. The molecule has 1 aromatic heterocycles. The molecule has 0 radical (unpaired) electrons. The van der Waals surface area contributed by atoms with Crippen LogP contribution in [0.5, 0.6) is 0 Å². The summed E-state index contributed by atoms with van der Waals surface area (Å²) in [5, 5.41) is 4.93. The van der Waals surface area contributed by atoms with Crippen LogP contribution < -0.4 is 10.6 Å². The Bertz CT molecular complexity index is 459. The fourth-order valence-electron chi connectivity index (χ4n) is 1.26. The molecule has 100 valence electrons. The Kier molecular flexibility index (Phi) is 3.95. The second-order valence-corrected chi connectivity index (χ2v) is 4.77. The third-order valence-corrected chi connectivity index (χ3v) is 1.94. The molecule has 1 rings (SSSR count). The third kappa shape index (κ3) is 3.76. The minimum absolute atomic E-state index is 0.212. The minimum atomic E-state index is -0.607. The van der Waals surface area contributed by atoms with Crippen molar-refractivity contribution in [2.45, 2.75) is 26.4 Å². The highest BCUT2D eigenvalue weighted by atomic mass is 16.6. The molecular weight excluding hydrogens is 236 g/mol. The molecule has 0 unspecified atom stereocenters. The van der Waals surface area contributed by atoms with E-state index in [4.69, 9.17) is 4.74 Å². The molecule has 0 saturated carbocycles. The first-order chi connectivity index (χ1) is 8.23. The first-order valence-corrected chi connectivity index (χ1v) is 5.48. The van der Waals surface area contributed by atoms with Gasteiger partial charge in [0.2, 0.25) is 5.82 Å². The van der Waals surface area contributed by atoms with Gasteiger partial charge in [-0.05, 0) is 20.8 Å². The average molecular weight is 254 g/mol. The number of nitrogens with one attached hydrogen (secondary N) is 2. The monoisotopic (exact) mass is 254 g/mol. The van der Waals surface area contributed by atoms with Gasteiger partial charge >= 0.3 is 6.09 Å². The third-order valence-electron chi connectivity index (χ3n) is 1.94. The number of amides is 2. The molecule has 0 saturated heterocycles. The Morgan fingerprint density at radius 1 is 1.39 bits per heavy atom. The van der Waals surface area contributed by atoms with E-state index >= 15 is 0 Å². The summed E-state index contributed by atoms with van der Waals surface area (Å²) in [7, 11) is 3.18. The summed E-state index contributed by atoms with van der Waals surface area (Å²) < 4.78 is 6.60. The second kappa shape index (κ2) is 5.07. The lowest BCUT2D eigenvalue weighted by Gasteiger charge is -2.18. The molecule has 0 aromatic carbocycles. The van der Waals surface area contributed by atoms with Gasteiger partial charge in [-0.25, -0.2) is 9.78 Å². The first-order valence-electron chi connectivity index (χ1n) is 5.48. The van der Waals surface area contributed by atoms with Gasteiger partial charge in [0.1, 0.15) is 5.60 Å². The van der Waals surface area contributed by atoms with Crippen molar-refractivity contribution in [3.63, 3.8) is 0 Å². The highest BCUT2D eigenvalue weighted by Gasteiger charge is 2.18. The molecule has 0 fully saturated rings. The van der Waals surface area contributed by atoms with Crippen molar-refractivity contribution in [2.75, 3.05) is 12.4 Å². The van der Waals surface area contributed by atoms with Gasteiger partial charge in [-0.2, -0.15) is 0 Å². The first kappa shape index (κ1) is 14.0. The van der Waals surface area contributed by atoms with Gasteiger partial charge in [0.15, 0.2) is 5.82 Å². The van der Waals surface area contributed by atoms with Gasteiger partial charge in [-0.15, -0.1) is 0 Å². The van der Waals surface area contributed by atoms with Crippen molar-refractivity contribution in [3.8, 4) is 0 Å². The van der Waals surface area contributed by atoms with E-state index < -0.39 is 11.7 Å². The van der Waals surface area contributed by atoms with E-state index in [0.717, 1.165) is 0 Å². The number of carbonyl (C=O) groups is 2. The van der Waals surface area contributed by atoms with Gasteiger partial charge in [0.05, 0.1) is 0 Å². The number of rotatable bonds is 2. The number of hydrogen-bond acceptors (Lipinski definition) is 4. The molecule has 2 amide bonds. The molecular formula is C11H18N4O3. The van der Waals surface area contributed by atoms with E-state index in [-0.39, 0.29) is 17.5 Å². The summed E-state index contributed by atoms with van der Waals surface area (Å²) in [6, 6.07) is 0. The van der Waals surface area contributed by atoms with Crippen LogP contribution >= 0.6 is 0 Å². The topological polar surface area (TPSA) is 85.2 Å². The Hall–Kier alpha value is -2.05. The van der Waals surface area contributed by atoms with Gasteiger partial charge in [0, 0.05) is 20.3 Å². The fraction of sp³-hybridized carbons (Fsp3) is 0.545. The summed E-state index contributed by atoms with van der Waals surface area (Å²) in [4.78, 5) is 26.9. The number of aryl methyl sites for hydroxylation is 1. The van der Waals surface area contributed by atoms with E-state index in [9.17, 15) is 9.59 Å². The van der Waals surface area contributed by atoms with Crippen LogP contribution in [0.25, 0.3) is 0 Å². The van der Waals surface area contributed by atoms with Gasteiger partial charge in [-0.1, -0.05) is 0 Å². The molecule has 0 aliphatic rings. The lowest BCUT2D eigenvalue weighted by molar-refractivity contribution is 0.0635. The lowest BCUT2D eigenvalue weighted by Crippen LogP contribution is -2.27. The van der Waals surface area contributed by atoms with Crippen molar-refractivity contribution in [2.24, 2.45) is 7.05 Å². The Morgan fingerprint density at radius 2 is 2.00 bits per heavy atom. The van der Waals surface area contributed by atoms with Gasteiger partial charge < -0.3 is 14.6 Å². The summed E-state index contributed by atoms with van der Waals surface area (Å²) in [5.41, 5.74) is -0.581. The quantitative estimate of drug-likeness (QED) is 0.828. The maximum atomic E-state index is 11.5. The molecule has 0 atom stereocenters. The van der Waals surface area contributed by atoms with Crippen molar-refractivity contribution in [1.29, 1.82) is 0 Å². The van der Waals surface area contributed by atoms with Crippen LogP contribution in [0.15, 0.2) is 6.20 Å². The molecule has 1 heterocycles. The van der Waals surface area contributed by atoms with E-state index in [0.29, 0.717) is 0 Å². The van der Waals surface area contributed by atoms with Gasteiger partial charge in [0.25, 0.3) is 5.91 Å². The predicted molar refractivity (Wildman–Crippen MR) is 66.5 cm³/mol. The normalized spacial score (nSPS) is 10.9. The number of imidazole rings is 1. The van der Waals surface area contributed by atoms with E-state index in [1.54, 1.807) is 27.8 Å². The van der Waals surface area contributed by atoms with Crippen molar-refractivity contribution >= 4 is 17.8 Å². The van der Waals surface area contributed by atoms with Crippen LogP contribution in [0.2, 0.25) is 0 Å². The number of ether oxygens (including phenoxy) is 1. The Morgan fingerprint density at radius 3 is 2.50 bits per heavy atom. The maximum Gasteiger partial charge on any atom is 0.413 e. The van der Waals surface area contributed by atoms with Crippen LogP contribution in [0.3, 0.4) is 0 Å². The zero-order valence-corrected chi connectivity index (χ0v) is 11.2. The predicted octanol–water partition coefficient (Wildman–Crippen LogP) is 1.13. The zero-order valence-electron chi connectivity index (χ0n) is 11.2. The molecule has 7 nitrogen and oxygen atoms in total. The SMILES string of the molecule is CNC(=O)c1nc(NC(=O)OC(C)(C)C)cn1C. The molecule has 18 heavy (non-hydrogen) atoms. The molecule has 2 N–H and O–H groups in total. The largest absolute Gasteiger partial charge is 0.444 e. The molecule has 1 aromatic rings. The lowest BCUT2D eigenvalue weighted by atomic mass is 10.2. The van der Waals surface area contributed by atoms with Crippen molar-refractivity contribution < 1.29 is 14.3 Å². The van der Waals surface area contributed by atoms with E-state index in [1.165, 1.54) is 17.8 Å². The van der Waals surface area contributed by atoms with Gasteiger partial charge in [-0.3, -0.25) is 10.1 Å². The molecule has 0 aliphatic carbocycles. The number of hydrogen-bond donors (Lipinski definition) is 2. The smallest absolute Gasteiger partial charge is 0.413 e. The minimum Gasteiger partial charge on any atom is -0.444 e. The molecule has 0 bridgehead atoms. The average Bonchev–Trinajstić information content (AvgIpc) is 2.55. The van der Waals surface area contributed by atoms with E-state index in [1.807, 2.05) is 0 Å². The van der Waals surface area contributed by atoms with Crippen LogP contribution in [0, 0.1) is 0 Å². The van der Waals surface area contributed by atoms with Crippen molar-refractivity contribution in [3.05, 3.63) is 12.0 Å². The van der Waals surface area contributed by atoms with Crippen LogP contribution in [0.4, 0.5) is 10.6 Å². The Labute approximate surface area is 106 Å². The summed E-state index contributed by atoms with van der Waals surface area (Å²) in [5.74, 6) is 0.156. The summed E-state index contributed by atoms with van der Waals surface area (Å²) >= 11 is 0. The number of anilines is 1. The zero-order chi connectivity index (χ0) is 13.9. The fourth-order valence-corrected chi connectivity index (χ4v) is 1.26. The Balaban J connectivity index is 2.75. The standard InChI is InChI=1S/C11H18N4O3/c1-11(2,3)18-10(17)14-7-6-15(5)8(13-7)9(16)12-4/h6H,1-5H3,(H,12,16)(H,14,17). The maximum absolute atomic E-state index is 11.5.